The molecule has 1 aliphatic rings. The molecule has 18 heavy (non-hydrogen) atoms. The molecule has 108 valence electrons. The van der Waals surface area contributed by atoms with E-state index in [-0.39, 0.29) is 0 Å². The topological polar surface area (TPSA) is 33.7 Å². The standard InChI is InChI=1S/C14H30N2O2/c1-3-5-9-17-10-6-7-15-12-14-13-16(4-2)8-11-18-14/h14-15H,3-13H2,1-2H3. The van der Waals surface area contributed by atoms with Gasteiger partial charge in [0.05, 0.1) is 12.7 Å². The Kier molecular flexibility index (Phi) is 9.48. The van der Waals surface area contributed by atoms with Crippen LogP contribution in [0.5, 0.6) is 0 Å². The van der Waals surface area contributed by atoms with E-state index in [0.29, 0.717) is 6.10 Å². The molecule has 1 saturated heterocycles. The third kappa shape index (κ3) is 7.31. The number of hydrogen-bond donors (Lipinski definition) is 1. The summed E-state index contributed by atoms with van der Waals surface area (Å²) in [5.41, 5.74) is 0. The molecule has 0 saturated carbocycles. The number of morpholine rings is 1. The summed E-state index contributed by atoms with van der Waals surface area (Å²) in [4.78, 5) is 2.45. The Bertz CT molecular complexity index is 191. The lowest BCUT2D eigenvalue weighted by Crippen LogP contribution is -2.46. The first kappa shape index (κ1) is 15.9. The average Bonchev–Trinajstić information content (AvgIpc) is 2.42. The van der Waals surface area contributed by atoms with Crippen LogP contribution in [-0.2, 0) is 9.47 Å². The van der Waals surface area contributed by atoms with Gasteiger partial charge in [-0.2, -0.15) is 0 Å². The molecular weight excluding hydrogens is 228 g/mol. The van der Waals surface area contributed by atoms with E-state index in [9.17, 15) is 0 Å². The third-order valence-corrected chi connectivity index (χ3v) is 3.33. The summed E-state index contributed by atoms with van der Waals surface area (Å²) in [5.74, 6) is 0. The molecule has 1 aliphatic heterocycles. The van der Waals surface area contributed by atoms with Crippen molar-refractivity contribution < 1.29 is 9.47 Å². The van der Waals surface area contributed by atoms with Gasteiger partial charge in [0.15, 0.2) is 0 Å². The molecule has 0 aromatic rings. The van der Waals surface area contributed by atoms with Crippen molar-refractivity contribution in [3.63, 3.8) is 0 Å². The van der Waals surface area contributed by atoms with E-state index < -0.39 is 0 Å². The second-order valence-corrected chi connectivity index (χ2v) is 4.91. The van der Waals surface area contributed by atoms with E-state index in [1.165, 1.54) is 12.8 Å². The molecule has 1 atom stereocenters. The van der Waals surface area contributed by atoms with Crippen LogP contribution in [0.25, 0.3) is 0 Å². The van der Waals surface area contributed by atoms with Crippen LogP contribution in [0.4, 0.5) is 0 Å². The van der Waals surface area contributed by atoms with Crippen LogP contribution in [0.1, 0.15) is 33.1 Å². The van der Waals surface area contributed by atoms with Crippen molar-refractivity contribution in [1.29, 1.82) is 0 Å². The maximum absolute atomic E-state index is 5.73. The number of rotatable bonds is 10. The minimum absolute atomic E-state index is 0.361. The fraction of sp³-hybridized carbons (Fsp3) is 1.00. The summed E-state index contributed by atoms with van der Waals surface area (Å²) in [6.45, 7) is 12.3. The highest BCUT2D eigenvalue weighted by Gasteiger charge is 2.18. The molecule has 1 rings (SSSR count). The van der Waals surface area contributed by atoms with Crippen molar-refractivity contribution in [2.24, 2.45) is 0 Å². The molecule has 4 nitrogen and oxygen atoms in total. The highest BCUT2D eigenvalue weighted by molar-refractivity contribution is 4.72. The number of nitrogens with zero attached hydrogens (tertiary/aromatic N) is 1. The first-order valence-corrected chi connectivity index (χ1v) is 7.49. The van der Waals surface area contributed by atoms with Crippen LogP contribution in [0, 0.1) is 0 Å². The minimum Gasteiger partial charge on any atom is -0.381 e. The second-order valence-electron chi connectivity index (χ2n) is 4.91. The maximum Gasteiger partial charge on any atom is 0.0826 e. The van der Waals surface area contributed by atoms with Crippen molar-refractivity contribution in [1.82, 2.24) is 10.2 Å². The summed E-state index contributed by atoms with van der Waals surface area (Å²) in [5, 5.41) is 3.46. The lowest BCUT2D eigenvalue weighted by atomic mass is 10.2. The highest BCUT2D eigenvalue weighted by atomic mass is 16.5. The SMILES string of the molecule is CCCCOCCCNCC1CN(CC)CCO1. The average molecular weight is 258 g/mol. The molecule has 0 aromatic heterocycles. The van der Waals surface area contributed by atoms with Crippen LogP contribution in [0.2, 0.25) is 0 Å². The van der Waals surface area contributed by atoms with E-state index in [1.807, 2.05) is 0 Å². The van der Waals surface area contributed by atoms with Gasteiger partial charge in [-0.05, 0) is 25.9 Å². The summed E-state index contributed by atoms with van der Waals surface area (Å²) < 4.78 is 11.3. The van der Waals surface area contributed by atoms with Gasteiger partial charge in [0.2, 0.25) is 0 Å². The quantitative estimate of drug-likeness (QED) is 0.602. The lowest BCUT2D eigenvalue weighted by molar-refractivity contribution is -0.0253. The maximum atomic E-state index is 5.73. The van der Waals surface area contributed by atoms with E-state index in [1.54, 1.807) is 0 Å². The van der Waals surface area contributed by atoms with Gasteiger partial charge < -0.3 is 14.8 Å². The molecule has 1 fully saturated rings. The fourth-order valence-electron chi connectivity index (χ4n) is 2.10. The number of ether oxygens (including phenoxy) is 2. The van der Waals surface area contributed by atoms with Crippen LogP contribution < -0.4 is 5.32 Å². The zero-order valence-electron chi connectivity index (χ0n) is 12.1. The predicted octanol–water partition coefficient (Wildman–Crippen LogP) is 1.50. The lowest BCUT2D eigenvalue weighted by Gasteiger charge is -2.32. The van der Waals surface area contributed by atoms with Gasteiger partial charge in [-0.15, -0.1) is 0 Å². The third-order valence-electron chi connectivity index (χ3n) is 3.33. The van der Waals surface area contributed by atoms with Crippen LogP contribution in [0.3, 0.4) is 0 Å². The first-order valence-electron chi connectivity index (χ1n) is 7.49. The Hall–Kier alpha value is -0.160. The Morgan fingerprint density at radius 2 is 2.11 bits per heavy atom. The van der Waals surface area contributed by atoms with Crippen molar-refractivity contribution in [3.05, 3.63) is 0 Å². The summed E-state index contributed by atoms with van der Waals surface area (Å²) in [7, 11) is 0. The van der Waals surface area contributed by atoms with Crippen molar-refractivity contribution in [3.8, 4) is 0 Å². The molecule has 0 aromatic carbocycles. The number of hydrogen-bond acceptors (Lipinski definition) is 4. The van der Waals surface area contributed by atoms with Gasteiger partial charge in [-0.25, -0.2) is 0 Å². The van der Waals surface area contributed by atoms with E-state index in [4.69, 9.17) is 9.47 Å². The molecule has 1 heterocycles. The molecule has 1 N–H and O–H groups in total. The first-order chi connectivity index (χ1) is 8.86. The molecule has 0 amide bonds. The highest BCUT2D eigenvalue weighted by Crippen LogP contribution is 2.03. The predicted molar refractivity (Wildman–Crippen MR) is 75.1 cm³/mol. The molecule has 1 unspecified atom stereocenters. The Balaban J connectivity index is 1.88. The Morgan fingerprint density at radius 3 is 2.89 bits per heavy atom. The van der Waals surface area contributed by atoms with Crippen LogP contribution >= 0.6 is 0 Å². The fourth-order valence-corrected chi connectivity index (χ4v) is 2.10. The molecule has 0 aliphatic carbocycles. The van der Waals surface area contributed by atoms with Gasteiger partial charge in [0.1, 0.15) is 0 Å². The van der Waals surface area contributed by atoms with Crippen molar-refractivity contribution >= 4 is 0 Å². The summed E-state index contributed by atoms with van der Waals surface area (Å²) in [6, 6.07) is 0. The summed E-state index contributed by atoms with van der Waals surface area (Å²) in [6.07, 6.45) is 3.84. The van der Waals surface area contributed by atoms with Gasteiger partial charge >= 0.3 is 0 Å². The second kappa shape index (κ2) is 10.7. The summed E-state index contributed by atoms with van der Waals surface area (Å²) >= 11 is 0. The number of nitrogens with one attached hydrogen (secondary N) is 1. The Labute approximate surface area is 112 Å². The number of likely N-dealkylation sites (N-methyl/N-ethyl adjacent to an activating group) is 1. The smallest absolute Gasteiger partial charge is 0.0826 e. The van der Waals surface area contributed by atoms with Gasteiger partial charge in [0.25, 0.3) is 0 Å². The normalized spacial score (nSPS) is 21.3. The minimum atomic E-state index is 0.361. The number of unbranched alkanes of at least 4 members (excludes halogenated alkanes) is 1. The molecule has 0 spiro atoms. The Morgan fingerprint density at radius 1 is 1.28 bits per heavy atom. The zero-order chi connectivity index (χ0) is 13.1. The largest absolute Gasteiger partial charge is 0.381 e. The molecule has 0 bridgehead atoms. The van der Waals surface area contributed by atoms with Crippen molar-refractivity contribution in [2.45, 2.75) is 39.2 Å². The molecule has 4 heteroatoms. The van der Waals surface area contributed by atoms with Crippen LogP contribution in [-0.4, -0.2) is 63.5 Å². The zero-order valence-corrected chi connectivity index (χ0v) is 12.1. The van der Waals surface area contributed by atoms with E-state index in [0.717, 1.165) is 59.0 Å². The van der Waals surface area contributed by atoms with Crippen LogP contribution in [0.15, 0.2) is 0 Å². The molecular formula is C14H30N2O2. The van der Waals surface area contributed by atoms with Gasteiger partial charge in [0, 0.05) is 32.8 Å². The van der Waals surface area contributed by atoms with Gasteiger partial charge in [-0.3, -0.25) is 4.90 Å². The van der Waals surface area contributed by atoms with E-state index >= 15 is 0 Å². The molecule has 0 radical (unpaired) electrons. The van der Waals surface area contributed by atoms with E-state index in [2.05, 4.69) is 24.1 Å². The van der Waals surface area contributed by atoms with Gasteiger partial charge in [-0.1, -0.05) is 20.3 Å². The van der Waals surface area contributed by atoms with Crippen molar-refractivity contribution in [2.75, 3.05) is 52.5 Å². The monoisotopic (exact) mass is 258 g/mol.